The molecule has 174 valence electrons. The number of nitrogens with one attached hydrogen (secondary N) is 1. The molecule has 2 aromatic carbocycles. The number of hydrogen-bond acceptors (Lipinski definition) is 5. The second kappa shape index (κ2) is 9.15. The van der Waals surface area contributed by atoms with E-state index < -0.39 is 17.6 Å². The normalized spacial score (nSPS) is 14.9. The highest BCUT2D eigenvalue weighted by atomic mass is 32.1. The van der Waals surface area contributed by atoms with Crippen LogP contribution in [0.1, 0.15) is 40.4 Å². The molecule has 9 heteroatoms. The van der Waals surface area contributed by atoms with Crippen molar-refractivity contribution in [1.29, 1.82) is 0 Å². The number of alkyl halides is 3. The van der Waals surface area contributed by atoms with Crippen LogP contribution in [-0.2, 0) is 10.9 Å². The summed E-state index contributed by atoms with van der Waals surface area (Å²) in [5, 5.41) is 4.68. The zero-order valence-corrected chi connectivity index (χ0v) is 18.7. The molecule has 0 radical (unpaired) electrons. The number of aromatic nitrogens is 2. The number of carbonyl (C=O) groups excluding carboxylic acids is 1. The Morgan fingerprint density at radius 3 is 2.62 bits per heavy atom. The second-order valence-electron chi connectivity index (χ2n) is 8.07. The topological polar surface area (TPSA) is 64.1 Å². The molecule has 1 aliphatic heterocycles. The highest BCUT2D eigenvalue weighted by Crippen LogP contribution is 2.35. The predicted octanol–water partition coefficient (Wildman–Crippen LogP) is 6.52. The van der Waals surface area contributed by atoms with Crippen molar-refractivity contribution in [3.63, 3.8) is 0 Å². The summed E-state index contributed by atoms with van der Waals surface area (Å²) in [5.74, 6) is 0.211. The van der Waals surface area contributed by atoms with Crippen LogP contribution in [0.25, 0.3) is 21.6 Å². The number of anilines is 1. The number of fused-ring (bicyclic) bond motifs is 1. The number of thiophene rings is 1. The van der Waals surface area contributed by atoms with Gasteiger partial charge in [-0.2, -0.15) is 13.2 Å². The molecule has 1 saturated heterocycles. The molecule has 1 N–H and O–H groups in total. The van der Waals surface area contributed by atoms with Gasteiger partial charge < -0.3 is 10.1 Å². The average Bonchev–Trinajstić information content (AvgIpc) is 3.32. The lowest BCUT2D eigenvalue weighted by Crippen LogP contribution is -2.16. The van der Waals surface area contributed by atoms with E-state index in [2.05, 4.69) is 5.32 Å². The van der Waals surface area contributed by atoms with Crippen LogP contribution in [0.5, 0.6) is 0 Å². The van der Waals surface area contributed by atoms with Gasteiger partial charge >= 0.3 is 6.18 Å². The molecule has 34 heavy (non-hydrogen) atoms. The number of benzene rings is 2. The van der Waals surface area contributed by atoms with E-state index in [1.165, 1.54) is 12.1 Å². The van der Waals surface area contributed by atoms with Crippen molar-refractivity contribution in [2.75, 3.05) is 18.5 Å². The number of hydrogen-bond donors (Lipinski definition) is 1. The first-order valence-electron chi connectivity index (χ1n) is 10.8. The third-order valence-electron chi connectivity index (χ3n) is 5.77. The molecular formula is C25H20F3N3O2S. The number of ether oxygens (including phenoxy) is 1. The Bertz CT molecular complexity index is 1350. The van der Waals surface area contributed by atoms with E-state index in [1.807, 2.05) is 17.5 Å². The van der Waals surface area contributed by atoms with E-state index in [-0.39, 0.29) is 5.56 Å². The fraction of sp³-hybridized carbons (Fsp3) is 0.240. The number of nitrogens with zero attached hydrogens (tertiary/aromatic N) is 2. The van der Waals surface area contributed by atoms with Crippen molar-refractivity contribution in [3.8, 4) is 11.4 Å². The van der Waals surface area contributed by atoms with Crippen LogP contribution < -0.4 is 5.32 Å². The van der Waals surface area contributed by atoms with Crippen molar-refractivity contribution in [3.05, 3.63) is 76.8 Å². The smallest absolute Gasteiger partial charge is 0.381 e. The lowest BCUT2D eigenvalue weighted by molar-refractivity contribution is -0.137. The monoisotopic (exact) mass is 483 g/mol. The van der Waals surface area contributed by atoms with Crippen molar-refractivity contribution in [2.24, 2.45) is 0 Å². The van der Waals surface area contributed by atoms with E-state index >= 15 is 0 Å². The van der Waals surface area contributed by atoms with Crippen LogP contribution in [0.3, 0.4) is 0 Å². The van der Waals surface area contributed by atoms with Crippen molar-refractivity contribution in [1.82, 2.24) is 9.97 Å². The van der Waals surface area contributed by atoms with Gasteiger partial charge in [-0.1, -0.05) is 18.2 Å². The third kappa shape index (κ3) is 4.67. The number of rotatable bonds is 4. The largest absolute Gasteiger partial charge is 0.416 e. The summed E-state index contributed by atoms with van der Waals surface area (Å²) in [6.45, 7) is 1.40. The summed E-state index contributed by atoms with van der Waals surface area (Å²) < 4.78 is 45.6. The van der Waals surface area contributed by atoms with Gasteiger partial charge in [0, 0.05) is 35.9 Å². The Kier molecular flexibility index (Phi) is 6.05. The molecule has 0 bridgehead atoms. The average molecular weight is 484 g/mol. The van der Waals surface area contributed by atoms with Crippen LogP contribution >= 0.6 is 11.3 Å². The Morgan fingerprint density at radius 2 is 1.82 bits per heavy atom. The molecule has 1 amide bonds. The molecule has 1 aliphatic rings. The van der Waals surface area contributed by atoms with Crippen molar-refractivity contribution < 1.29 is 22.7 Å². The molecule has 0 atom stereocenters. The van der Waals surface area contributed by atoms with Crippen LogP contribution in [0.15, 0.2) is 60.0 Å². The maximum Gasteiger partial charge on any atom is 0.416 e. The van der Waals surface area contributed by atoms with E-state index in [0.717, 1.165) is 40.9 Å². The molecule has 5 rings (SSSR count). The van der Waals surface area contributed by atoms with Gasteiger partial charge in [0.2, 0.25) is 0 Å². The zero-order valence-electron chi connectivity index (χ0n) is 17.9. The van der Waals surface area contributed by atoms with E-state index in [4.69, 9.17) is 14.7 Å². The van der Waals surface area contributed by atoms with Crippen LogP contribution in [0.4, 0.5) is 18.9 Å². The lowest BCUT2D eigenvalue weighted by atomic mass is 9.96. The highest BCUT2D eigenvalue weighted by molar-refractivity contribution is 7.17. The maximum atomic E-state index is 13.0. The first kappa shape index (κ1) is 22.5. The van der Waals surface area contributed by atoms with Gasteiger partial charge in [-0.3, -0.25) is 4.79 Å². The van der Waals surface area contributed by atoms with Gasteiger partial charge in [0.1, 0.15) is 0 Å². The Balaban J connectivity index is 1.44. The van der Waals surface area contributed by atoms with Gasteiger partial charge in [0.05, 0.1) is 21.5 Å². The van der Waals surface area contributed by atoms with Gasteiger partial charge in [-0.05, 0) is 54.6 Å². The second-order valence-corrected chi connectivity index (χ2v) is 8.98. The number of halogens is 3. The van der Waals surface area contributed by atoms with Crippen LogP contribution in [-0.4, -0.2) is 29.1 Å². The minimum absolute atomic E-state index is 0.0713. The van der Waals surface area contributed by atoms with Gasteiger partial charge in [-0.15, -0.1) is 11.3 Å². The molecule has 1 fully saturated rings. The fourth-order valence-electron chi connectivity index (χ4n) is 4.04. The molecule has 0 aliphatic carbocycles. The third-order valence-corrected chi connectivity index (χ3v) is 6.69. The Hall–Kier alpha value is -3.30. The quantitative estimate of drug-likeness (QED) is 0.359. The molecule has 4 aromatic rings. The first-order valence-corrected chi connectivity index (χ1v) is 11.7. The molecule has 0 spiro atoms. The minimum atomic E-state index is -4.52. The van der Waals surface area contributed by atoms with Crippen LogP contribution in [0.2, 0.25) is 0 Å². The Labute approximate surface area is 197 Å². The fourth-order valence-corrected chi connectivity index (χ4v) is 4.94. The van der Waals surface area contributed by atoms with Crippen molar-refractivity contribution >= 4 is 33.1 Å². The standard InChI is InChI=1S/C25H20F3N3O2S/c26-25(27,28)18-5-1-4-17(13-18)24(32)29-19-6-2-3-16(14-19)23-30-20-9-12-34-22(20)21(31-23)15-7-10-33-11-8-15/h1-6,9,12-15H,7-8,10-11H2,(H,29,32). The molecular weight excluding hydrogens is 463 g/mol. The summed E-state index contributed by atoms with van der Waals surface area (Å²) in [6, 6.07) is 13.3. The molecule has 3 heterocycles. The van der Waals surface area contributed by atoms with E-state index in [0.29, 0.717) is 36.2 Å². The summed E-state index contributed by atoms with van der Waals surface area (Å²) in [4.78, 5) is 22.2. The summed E-state index contributed by atoms with van der Waals surface area (Å²) in [5.41, 5.74) is 2.10. The maximum absolute atomic E-state index is 13.0. The van der Waals surface area contributed by atoms with Crippen molar-refractivity contribution in [2.45, 2.75) is 24.9 Å². The summed E-state index contributed by atoms with van der Waals surface area (Å²) in [7, 11) is 0. The minimum Gasteiger partial charge on any atom is -0.381 e. The molecule has 5 nitrogen and oxygen atoms in total. The van der Waals surface area contributed by atoms with Crippen LogP contribution in [0, 0.1) is 0 Å². The molecule has 0 unspecified atom stereocenters. The first-order chi connectivity index (χ1) is 16.4. The number of carbonyl (C=O) groups is 1. The molecule has 2 aromatic heterocycles. The van der Waals surface area contributed by atoms with Gasteiger partial charge in [0.15, 0.2) is 5.82 Å². The summed E-state index contributed by atoms with van der Waals surface area (Å²) in [6.07, 6.45) is -2.72. The van der Waals surface area contributed by atoms with E-state index in [1.54, 1.807) is 29.5 Å². The van der Waals surface area contributed by atoms with Gasteiger partial charge in [-0.25, -0.2) is 9.97 Å². The predicted molar refractivity (Wildman–Crippen MR) is 125 cm³/mol. The van der Waals surface area contributed by atoms with E-state index in [9.17, 15) is 18.0 Å². The summed E-state index contributed by atoms with van der Waals surface area (Å²) >= 11 is 1.62. The lowest BCUT2D eigenvalue weighted by Gasteiger charge is -2.22. The SMILES string of the molecule is O=C(Nc1cccc(-c2nc(C3CCOCC3)c3sccc3n2)c1)c1cccc(C(F)(F)F)c1. The zero-order chi connectivity index (χ0) is 23.7. The number of amides is 1. The highest BCUT2D eigenvalue weighted by Gasteiger charge is 2.31. The molecule has 0 saturated carbocycles. The Morgan fingerprint density at radius 1 is 1.03 bits per heavy atom. The van der Waals surface area contributed by atoms with Gasteiger partial charge in [0.25, 0.3) is 5.91 Å².